The van der Waals surface area contributed by atoms with Crippen molar-refractivity contribution in [1.29, 1.82) is 0 Å². The fourth-order valence-corrected chi connectivity index (χ4v) is 8.43. The van der Waals surface area contributed by atoms with Gasteiger partial charge in [-0.1, -0.05) is 94.8 Å². The van der Waals surface area contributed by atoms with E-state index in [4.69, 9.17) is 0 Å². The minimum absolute atomic E-state index is 0. The normalized spacial score (nSPS) is 10.9. The fraction of sp³-hybridized carbons (Fsp3) is 0.0769. The molecule has 0 nitrogen and oxygen atoms in total. The van der Waals surface area contributed by atoms with Crippen LogP contribution in [0.15, 0.2) is 115 Å². The van der Waals surface area contributed by atoms with E-state index in [0.29, 0.717) is 0 Å². The molecule has 0 spiro atoms. The summed E-state index contributed by atoms with van der Waals surface area (Å²) in [4.78, 5) is 0. The fourth-order valence-electron chi connectivity index (χ4n) is 3.85. The van der Waals surface area contributed by atoms with Crippen molar-refractivity contribution < 1.29 is 0 Å². The highest BCUT2D eigenvalue weighted by atomic mass is 79.9. The molecule has 0 saturated heterocycles. The molecule has 0 heterocycles. The lowest BCUT2D eigenvalue weighted by molar-refractivity contribution is 1.33. The zero-order valence-corrected chi connectivity index (χ0v) is 20.3. The molecule has 0 atom stereocenters. The molecule has 0 aromatic heterocycles. The Morgan fingerprint density at radius 2 is 0.931 bits per heavy atom. The van der Waals surface area contributed by atoms with E-state index in [-0.39, 0.29) is 17.0 Å². The maximum absolute atomic E-state index is 3.62. The van der Waals surface area contributed by atoms with Crippen LogP contribution < -0.4 is 15.9 Å². The second-order valence-corrected chi connectivity index (χ2v) is 11.0. The Balaban J connectivity index is 0.00000240. The molecule has 0 aliphatic rings. The van der Waals surface area contributed by atoms with Crippen molar-refractivity contribution in [1.82, 2.24) is 0 Å². The van der Waals surface area contributed by atoms with Gasteiger partial charge in [0.1, 0.15) is 23.2 Å². The smallest absolute Gasteiger partial charge is 0.114 e. The first-order valence-electron chi connectivity index (χ1n) is 9.51. The molecule has 0 unspecified atom stereocenters. The Morgan fingerprint density at radius 1 is 0.517 bits per heavy atom. The zero-order valence-electron chi connectivity index (χ0n) is 16.1. The third-order valence-corrected chi connectivity index (χ3v) is 10.2. The first-order chi connectivity index (χ1) is 13.8. The first-order valence-corrected chi connectivity index (χ1v) is 12.6. The molecule has 0 radical (unpaired) electrons. The van der Waals surface area contributed by atoms with Gasteiger partial charge in [0.2, 0.25) is 0 Å². The largest absolute Gasteiger partial charge is 0.116 e. The molecule has 3 heteroatoms. The predicted molar refractivity (Wildman–Crippen MR) is 138 cm³/mol. The lowest BCUT2D eigenvalue weighted by atomic mass is 10.2. The summed E-state index contributed by atoms with van der Waals surface area (Å²) in [6.45, 7) is 0. The van der Waals surface area contributed by atoms with E-state index >= 15 is 0 Å². The van der Waals surface area contributed by atoms with Gasteiger partial charge in [-0.3, -0.25) is 0 Å². The Morgan fingerprint density at radius 3 is 1.34 bits per heavy atom. The molecule has 0 bridgehead atoms. The summed E-state index contributed by atoms with van der Waals surface area (Å²) in [6.07, 6.45) is 1.02. The van der Waals surface area contributed by atoms with Gasteiger partial charge in [0.15, 0.2) is 0 Å². The molecular weight excluding hydrogens is 503 g/mol. The highest BCUT2D eigenvalue weighted by Crippen LogP contribution is 2.58. The van der Waals surface area contributed by atoms with Crippen LogP contribution in [0, 0.1) is 0 Å². The molecule has 0 amide bonds. The number of hydrogen-bond acceptors (Lipinski definition) is 0. The van der Waals surface area contributed by atoms with Crippen molar-refractivity contribution in [2.45, 2.75) is 11.5 Å². The Kier molecular flexibility index (Phi) is 7.84. The van der Waals surface area contributed by atoms with Crippen LogP contribution in [0.25, 0.3) is 0 Å². The molecule has 4 aromatic rings. The summed E-state index contributed by atoms with van der Waals surface area (Å²) in [5, 5.41) is 5.17. The standard InChI is InChI=1S/C26H23BrP.BrH/c27-20-22-11-10-12-23(19-22)21-28(24-13-4-1-5-14-24,25-15-6-2-7-16-25)26-17-8-3-9-18-26;/h1-19H,20-21H2;1H/q+1;. The van der Waals surface area contributed by atoms with Crippen molar-refractivity contribution in [2.75, 3.05) is 0 Å². The van der Waals surface area contributed by atoms with Crippen molar-refractivity contribution >= 4 is 56.1 Å². The van der Waals surface area contributed by atoms with E-state index in [1.165, 1.54) is 27.0 Å². The van der Waals surface area contributed by atoms with E-state index in [1.54, 1.807) is 0 Å². The Hall–Kier alpha value is -1.73. The quantitative estimate of drug-likeness (QED) is 0.195. The molecule has 4 aromatic carbocycles. The lowest BCUT2D eigenvalue weighted by Crippen LogP contribution is -2.32. The molecular formula is C26H24Br2P+. The van der Waals surface area contributed by atoms with E-state index in [9.17, 15) is 0 Å². The summed E-state index contributed by atoms with van der Waals surface area (Å²) in [5.74, 6) is 0. The summed E-state index contributed by atoms with van der Waals surface area (Å²) in [6, 6.07) is 42.2. The number of rotatable bonds is 6. The SMILES string of the molecule is Br.BrCc1cccc(C[P+](c2ccccc2)(c2ccccc2)c2ccccc2)c1. The van der Waals surface area contributed by atoms with Gasteiger partial charge in [0, 0.05) is 5.33 Å². The molecule has 0 aliphatic heterocycles. The van der Waals surface area contributed by atoms with Crippen LogP contribution in [0.5, 0.6) is 0 Å². The van der Waals surface area contributed by atoms with Gasteiger partial charge in [-0.15, -0.1) is 17.0 Å². The number of hydrogen-bond donors (Lipinski definition) is 0. The minimum atomic E-state index is -1.82. The average molecular weight is 527 g/mol. The van der Waals surface area contributed by atoms with Gasteiger partial charge in [-0.25, -0.2) is 0 Å². The third kappa shape index (κ3) is 4.72. The van der Waals surface area contributed by atoms with Crippen LogP contribution in [-0.4, -0.2) is 0 Å². The zero-order chi connectivity index (χ0) is 19.2. The molecule has 146 valence electrons. The van der Waals surface area contributed by atoms with Crippen molar-refractivity contribution in [3.05, 3.63) is 126 Å². The van der Waals surface area contributed by atoms with Crippen molar-refractivity contribution in [2.24, 2.45) is 0 Å². The van der Waals surface area contributed by atoms with Crippen molar-refractivity contribution in [3.63, 3.8) is 0 Å². The molecule has 29 heavy (non-hydrogen) atoms. The van der Waals surface area contributed by atoms with Gasteiger partial charge in [-0.2, -0.15) is 0 Å². The van der Waals surface area contributed by atoms with Crippen molar-refractivity contribution in [3.8, 4) is 0 Å². The van der Waals surface area contributed by atoms with E-state index in [2.05, 4.69) is 131 Å². The van der Waals surface area contributed by atoms with E-state index < -0.39 is 7.26 Å². The molecule has 0 N–H and O–H groups in total. The first kappa shape index (κ1) is 22.0. The predicted octanol–water partition coefficient (Wildman–Crippen LogP) is 6.65. The average Bonchev–Trinajstić information content (AvgIpc) is 2.79. The Bertz CT molecular complexity index is 921. The lowest BCUT2D eigenvalue weighted by Gasteiger charge is -2.28. The summed E-state index contributed by atoms with van der Waals surface area (Å²) < 4.78 is 0. The van der Waals surface area contributed by atoms with Crippen LogP contribution in [0.2, 0.25) is 0 Å². The molecule has 0 aliphatic carbocycles. The van der Waals surface area contributed by atoms with Gasteiger partial charge >= 0.3 is 0 Å². The maximum atomic E-state index is 3.62. The molecule has 4 rings (SSSR count). The van der Waals surface area contributed by atoms with Crippen LogP contribution in [-0.2, 0) is 11.5 Å². The summed E-state index contributed by atoms with van der Waals surface area (Å²) in [5.41, 5.74) is 2.71. The minimum Gasteiger partial charge on any atom is -0.114 e. The highest BCUT2D eigenvalue weighted by Gasteiger charge is 2.45. The maximum Gasteiger partial charge on any atom is 0.116 e. The second-order valence-electron chi connectivity index (χ2n) is 6.93. The Labute approximate surface area is 193 Å². The van der Waals surface area contributed by atoms with Gasteiger partial charge < -0.3 is 0 Å². The van der Waals surface area contributed by atoms with Gasteiger partial charge in [0.05, 0.1) is 6.16 Å². The second kappa shape index (κ2) is 10.3. The monoisotopic (exact) mass is 525 g/mol. The summed E-state index contributed by atoms with van der Waals surface area (Å²) >= 11 is 3.62. The van der Waals surface area contributed by atoms with Crippen LogP contribution in [0.3, 0.4) is 0 Å². The van der Waals surface area contributed by atoms with Crippen LogP contribution in [0.1, 0.15) is 11.1 Å². The number of benzene rings is 4. The van der Waals surface area contributed by atoms with E-state index in [0.717, 1.165) is 11.5 Å². The topological polar surface area (TPSA) is 0 Å². The third-order valence-electron chi connectivity index (χ3n) is 5.16. The molecule has 0 fully saturated rings. The summed E-state index contributed by atoms with van der Waals surface area (Å²) in [7, 11) is -1.82. The van der Waals surface area contributed by atoms with Crippen LogP contribution in [0.4, 0.5) is 0 Å². The molecule has 0 saturated carbocycles. The van der Waals surface area contributed by atoms with E-state index in [1.807, 2.05) is 0 Å². The van der Waals surface area contributed by atoms with Gasteiger partial charge in [0.25, 0.3) is 0 Å². The van der Waals surface area contributed by atoms with Crippen LogP contribution >= 0.6 is 40.2 Å². The highest BCUT2D eigenvalue weighted by molar-refractivity contribution is 9.08. The number of alkyl halides is 1. The number of halogens is 2. The van der Waals surface area contributed by atoms with Gasteiger partial charge in [-0.05, 0) is 47.5 Å².